The van der Waals surface area contributed by atoms with Crippen LogP contribution in [0.4, 0.5) is 0 Å². The number of carbonyl (C=O) groups excluding carboxylic acids is 1. The van der Waals surface area contributed by atoms with Gasteiger partial charge in [0.05, 0.1) is 13.0 Å². The fourth-order valence-corrected chi connectivity index (χ4v) is 6.28. The molecule has 3 rings (SSSR count). The van der Waals surface area contributed by atoms with Crippen molar-refractivity contribution in [2.45, 2.75) is 36.4 Å². The summed E-state index contributed by atoms with van der Waals surface area (Å²) < 4.78 is 28.1. The van der Waals surface area contributed by atoms with Crippen LogP contribution in [-0.4, -0.2) is 31.7 Å². The van der Waals surface area contributed by atoms with Crippen LogP contribution in [0.3, 0.4) is 0 Å². The lowest BCUT2D eigenvalue weighted by molar-refractivity contribution is -0.120. The van der Waals surface area contributed by atoms with E-state index in [9.17, 15) is 13.2 Å². The third kappa shape index (κ3) is 4.73. The van der Waals surface area contributed by atoms with E-state index in [1.807, 2.05) is 24.3 Å². The molecule has 1 aromatic heterocycles. The van der Waals surface area contributed by atoms with Crippen LogP contribution < -0.4 is 5.32 Å². The van der Waals surface area contributed by atoms with Crippen LogP contribution in [0.1, 0.15) is 29.7 Å². The van der Waals surface area contributed by atoms with Crippen molar-refractivity contribution >= 4 is 43.2 Å². The van der Waals surface area contributed by atoms with Gasteiger partial charge < -0.3 is 5.32 Å². The van der Waals surface area contributed by atoms with Crippen molar-refractivity contribution in [1.82, 2.24) is 9.62 Å². The molecule has 0 spiro atoms. The van der Waals surface area contributed by atoms with Gasteiger partial charge >= 0.3 is 0 Å². The highest BCUT2D eigenvalue weighted by atomic mass is 79.9. The molecule has 0 radical (unpaired) electrons. The van der Waals surface area contributed by atoms with Crippen molar-refractivity contribution in [2.75, 3.05) is 13.1 Å². The molecule has 1 aliphatic heterocycles. The van der Waals surface area contributed by atoms with Gasteiger partial charge in [-0.3, -0.25) is 4.79 Å². The lowest BCUT2D eigenvalue weighted by Crippen LogP contribution is -2.35. The second-order valence-electron chi connectivity index (χ2n) is 6.23. The standard InChI is InChI=1S/C18H21BrN2O3S2/c19-16-7-3-2-6-14(16)12-17(22)20-13-15-8-9-18(25-15)26(23,24)21-10-4-1-5-11-21/h2-3,6-9H,1,4-5,10-13H2,(H,20,22). The van der Waals surface area contributed by atoms with Gasteiger partial charge in [-0.15, -0.1) is 11.3 Å². The highest BCUT2D eigenvalue weighted by molar-refractivity contribution is 9.10. The molecule has 1 amide bonds. The average molecular weight is 457 g/mol. The molecule has 0 atom stereocenters. The van der Waals surface area contributed by atoms with E-state index in [4.69, 9.17) is 0 Å². The number of nitrogens with zero attached hydrogens (tertiary/aromatic N) is 1. The number of carbonyl (C=O) groups is 1. The van der Waals surface area contributed by atoms with Gasteiger partial charge in [0.15, 0.2) is 0 Å². The van der Waals surface area contributed by atoms with Gasteiger partial charge in [-0.05, 0) is 36.6 Å². The van der Waals surface area contributed by atoms with Gasteiger partial charge in [-0.1, -0.05) is 40.5 Å². The summed E-state index contributed by atoms with van der Waals surface area (Å²) in [4.78, 5) is 13.0. The SMILES string of the molecule is O=C(Cc1ccccc1Br)NCc1ccc(S(=O)(=O)N2CCCCC2)s1. The Labute approximate surface area is 166 Å². The van der Waals surface area contributed by atoms with Crippen LogP contribution in [0, 0.1) is 0 Å². The van der Waals surface area contributed by atoms with E-state index >= 15 is 0 Å². The fourth-order valence-electron chi connectivity index (χ4n) is 2.89. The molecule has 1 N–H and O–H groups in total. The lowest BCUT2D eigenvalue weighted by atomic mass is 10.1. The summed E-state index contributed by atoms with van der Waals surface area (Å²) in [6, 6.07) is 11.0. The quantitative estimate of drug-likeness (QED) is 0.722. The van der Waals surface area contributed by atoms with Crippen molar-refractivity contribution in [1.29, 1.82) is 0 Å². The summed E-state index contributed by atoms with van der Waals surface area (Å²) in [5.74, 6) is -0.0919. The summed E-state index contributed by atoms with van der Waals surface area (Å²) in [7, 11) is -3.40. The van der Waals surface area contributed by atoms with Crippen molar-refractivity contribution in [3.63, 3.8) is 0 Å². The first-order valence-electron chi connectivity index (χ1n) is 8.56. The number of benzene rings is 1. The van der Waals surface area contributed by atoms with Crippen LogP contribution in [0.15, 0.2) is 45.1 Å². The topological polar surface area (TPSA) is 66.5 Å². The van der Waals surface area contributed by atoms with E-state index in [2.05, 4.69) is 21.2 Å². The Morgan fingerprint density at radius 3 is 2.58 bits per heavy atom. The zero-order valence-electron chi connectivity index (χ0n) is 14.3. The smallest absolute Gasteiger partial charge is 0.252 e. The molecule has 0 unspecified atom stereocenters. The molecular weight excluding hydrogens is 436 g/mol. The first-order chi connectivity index (χ1) is 12.5. The highest BCUT2D eigenvalue weighted by Gasteiger charge is 2.27. The molecular formula is C18H21BrN2O3S2. The molecule has 1 fully saturated rings. The first-order valence-corrected chi connectivity index (χ1v) is 11.6. The number of halogens is 1. The van der Waals surface area contributed by atoms with Crippen LogP contribution in [0.25, 0.3) is 0 Å². The van der Waals surface area contributed by atoms with Gasteiger partial charge in [0.2, 0.25) is 5.91 Å². The molecule has 26 heavy (non-hydrogen) atoms. The van der Waals surface area contributed by atoms with Gasteiger partial charge in [0.25, 0.3) is 10.0 Å². The van der Waals surface area contributed by atoms with Crippen molar-refractivity contribution in [3.05, 3.63) is 51.3 Å². The Balaban J connectivity index is 1.58. The lowest BCUT2D eigenvalue weighted by Gasteiger charge is -2.25. The summed E-state index contributed by atoms with van der Waals surface area (Å²) in [5.41, 5.74) is 0.921. The second-order valence-corrected chi connectivity index (χ2v) is 10.4. The molecule has 0 bridgehead atoms. The Kier molecular flexibility index (Phi) is 6.50. The van der Waals surface area contributed by atoms with Crippen LogP contribution in [0.5, 0.6) is 0 Å². The summed E-state index contributed by atoms with van der Waals surface area (Å²) >= 11 is 4.67. The van der Waals surface area contributed by atoms with E-state index in [1.54, 1.807) is 16.4 Å². The normalized spacial score (nSPS) is 15.7. The average Bonchev–Trinajstić information content (AvgIpc) is 3.13. The largest absolute Gasteiger partial charge is 0.351 e. The van der Waals surface area contributed by atoms with Gasteiger partial charge in [-0.2, -0.15) is 4.31 Å². The number of hydrogen-bond donors (Lipinski definition) is 1. The number of piperidine rings is 1. The maximum Gasteiger partial charge on any atom is 0.252 e. The predicted octanol–water partition coefficient (Wildman–Crippen LogP) is 3.54. The zero-order valence-corrected chi connectivity index (χ0v) is 17.5. The minimum absolute atomic E-state index is 0.0919. The summed E-state index contributed by atoms with van der Waals surface area (Å²) in [6.07, 6.45) is 3.21. The maximum absolute atomic E-state index is 12.7. The van der Waals surface area contributed by atoms with Crippen molar-refractivity contribution in [3.8, 4) is 0 Å². The molecule has 8 heteroatoms. The van der Waals surface area contributed by atoms with E-state index in [0.29, 0.717) is 23.8 Å². The number of thiophene rings is 1. The summed E-state index contributed by atoms with van der Waals surface area (Å²) in [5, 5.41) is 2.86. The number of rotatable bonds is 6. The Bertz CT molecular complexity index is 874. The number of sulfonamides is 1. The molecule has 1 aromatic carbocycles. The molecule has 140 valence electrons. The Morgan fingerprint density at radius 1 is 1.12 bits per heavy atom. The third-order valence-electron chi connectivity index (χ3n) is 4.31. The molecule has 1 saturated heterocycles. The fraction of sp³-hybridized carbons (Fsp3) is 0.389. The van der Waals surface area contributed by atoms with Gasteiger partial charge in [0.1, 0.15) is 4.21 Å². The van der Waals surface area contributed by atoms with E-state index < -0.39 is 10.0 Å². The highest BCUT2D eigenvalue weighted by Crippen LogP contribution is 2.27. The number of amides is 1. The molecule has 1 aliphatic rings. The Hall–Kier alpha value is -1.22. The van der Waals surface area contributed by atoms with Crippen molar-refractivity contribution < 1.29 is 13.2 Å². The maximum atomic E-state index is 12.7. The van der Waals surface area contributed by atoms with Gasteiger partial charge in [0, 0.05) is 22.4 Å². The first kappa shape index (κ1) is 19.5. The monoisotopic (exact) mass is 456 g/mol. The number of nitrogens with one attached hydrogen (secondary N) is 1. The molecule has 0 saturated carbocycles. The van der Waals surface area contributed by atoms with Crippen LogP contribution in [-0.2, 0) is 27.8 Å². The van der Waals surface area contributed by atoms with Crippen LogP contribution >= 0.6 is 27.3 Å². The number of hydrogen-bond acceptors (Lipinski definition) is 4. The van der Waals surface area contributed by atoms with E-state index in [0.717, 1.165) is 34.2 Å². The molecule has 2 aromatic rings. The van der Waals surface area contributed by atoms with Crippen LogP contribution in [0.2, 0.25) is 0 Å². The zero-order chi connectivity index (χ0) is 18.6. The molecule has 2 heterocycles. The second kappa shape index (κ2) is 8.65. The predicted molar refractivity (Wildman–Crippen MR) is 107 cm³/mol. The van der Waals surface area contributed by atoms with Gasteiger partial charge in [-0.25, -0.2) is 8.42 Å². The van der Waals surface area contributed by atoms with E-state index in [1.165, 1.54) is 11.3 Å². The van der Waals surface area contributed by atoms with E-state index in [-0.39, 0.29) is 12.3 Å². The minimum Gasteiger partial charge on any atom is -0.351 e. The Morgan fingerprint density at radius 2 is 1.85 bits per heavy atom. The van der Waals surface area contributed by atoms with Crippen molar-refractivity contribution in [2.24, 2.45) is 0 Å². The third-order valence-corrected chi connectivity index (χ3v) is 8.54. The minimum atomic E-state index is -3.40. The summed E-state index contributed by atoms with van der Waals surface area (Å²) in [6.45, 7) is 1.53. The molecule has 0 aliphatic carbocycles. The molecule has 5 nitrogen and oxygen atoms in total.